The van der Waals surface area contributed by atoms with Gasteiger partial charge in [-0.1, -0.05) is 0 Å². The standard InChI is InChI=1S/C11H17N3O3S/c1-7-4-9(12)10(5-8(7)2)18(16,17)14-6-11(15)13-3/h4-5,14H,6,12H2,1-3H3,(H,13,15). The maximum atomic E-state index is 12.0. The molecule has 0 heterocycles. The normalized spacial score (nSPS) is 11.3. The van der Waals surface area contributed by atoms with Crippen molar-refractivity contribution in [2.45, 2.75) is 18.7 Å². The van der Waals surface area contributed by atoms with E-state index >= 15 is 0 Å². The van der Waals surface area contributed by atoms with E-state index in [4.69, 9.17) is 5.73 Å². The Balaban J connectivity index is 3.06. The van der Waals surface area contributed by atoms with Crippen LogP contribution in [0.4, 0.5) is 5.69 Å². The number of carbonyl (C=O) groups excluding carboxylic acids is 1. The van der Waals surface area contributed by atoms with Crippen molar-refractivity contribution >= 4 is 21.6 Å². The predicted molar refractivity (Wildman–Crippen MR) is 69.6 cm³/mol. The Bertz CT molecular complexity index is 567. The number of sulfonamides is 1. The molecule has 0 aliphatic carbocycles. The minimum absolute atomic E-state index is 0.00509. The molecule has 1 aromatic carbocycles. The van der Waals surface area contributed by atoms with Crippen molar-refractivity contribution in [1.29, 1.82) is 0 Å². The van der Waals surface area contributed by atoms with E-state index in [0.29, 0.717) is 0 Å². The number of nitrogens with two attached hydrogens (primary N) is 1. The summed E-state index contributed by atoms with van der Waals surface area (Å²) in [5.74, 6) is -0.416. The fourth-order valence-corrected chi connectivity index (χ4v) is 2.55. The third-order valence-electron chi connectivity index (χ3n) is 2.62. The fourth-order valence-electron chi connectivity index (χ4n) is 1.37. The molecule has 0 unspecified atom stereocenters. The van der Waals surface area contributed by atoms with Gasteiger partial charge in [0.25, 0.3) is 0 Å². The van der Waals surface area contributed by atoms with E-state index in [1.165, 1.54) is 13.1 Å². The van der Waals surface area contributed by atoms with Gasteiger partial charge in [-0.3, -0.25) is 4.79 Å². The minimum Gasteiger partial charge on any atom is -0.398 e. The Kier molecular flexibility index (Phi) is 4.31. The molecule has 0 saturated heterocycles. The SMILES string of the molecule is CNC(=O)CNS(=O)(=O)c1cc(C)c(C)cc1N. The monoisotopic (exact) mass is 271 g/mol. The summed E-state index contributed by atoms with van der Waals surface area (Å²) in [5, 5.41) is 2.33. The van der Waals surface area contributed by atoms with Crippen LogP contribution in [0, 0.1) is 13.8 Å². The maximum absolute atomic E-state index is 12.0. The molecule has 100 valence electrons. The molecule has 18 heavy (non-hydrogen) atoms. The lowest BCUT2D eigenvalue weighted by Crippen LogP contribution is -2.35. The summed E-state index contributed by atoms with van der Waals surface area (Å²) < 4.78 is 26.1. The quantitative estimate of drug-likeness (QED) is 0.666. The smallest absolute Gasteiger partial charge is 0.243 e. The number of rotatable bonds is 4. The van der Waals surface area contributed by atoms with Gasteiger partial charge in [0.2, 0.25) is 15.9 Å². The Morgan fingerprint density at radius 1 is 1.28 bits per heavy atom. The van der Waals surface area contributed by atoms with E-state index in [2.05, 4.69) is 10.0 Å². The molecule has 0 atom stereocenters. The summed E-state index contributed by atoms with van der Waals surface area (Å²) in [7, 11) is -2.34. The molecule has 0 saturated carbocycles. The van der Waals surface area contributed by atoms with E-state index in [0.717, 1.165) is 11.1 Å². The first-order chi connectivity index (χ1) is 8.27. The number of aryl methyl sites for hydroxylation is 2. The van der Waals surface area contributed by atoms with E-state index in [-0.39, 0.29) is 17.1 Å². The van der Waals surface area contributed by atoms with Crippen LogP contribution >= 0.6 is 0 Å². The molecule has 0 bridgehead atoms. The van der Waals surface area contributed by atoms with Crippen LogP contribution in [0.1, 0.15) is 11.1 Å². The third-order valence-corrected chi connectivity index (χ3v) is 4.07. The number of hydrogen-bond donors (Lipinski definition) is 3. The average Bonchev–Trinajstić information content (AvgIpc) is 2.30. The van der Waals surface area contributed by atoms with E-state index in [9.17, 15) is 13.2 Å². The second-order valence-corrected chi connectivity index (χ2v) is 5.71. The van der Waals surface area contributed by atoms with E-state index in [1.807, 2.05) is 6.92 Å². The van der Waals surface area contributed by atoms with Gasteiger partial charge < -0.3 is 11.1 Å². The topological polar surface area (TPSA) is 101 Å². The van der Waals surface area contributed by atoms with Crippen LogP contribution in [0.3, 0.4) is 0 Å². The molecule has 6 nitrogen and oxygen atoms in total. The van der Waals surface area contributed by atoms with Gasteiger partial charge in [0.15, 0.2) is 0 Å². The Morgan fingerprint density at radius 3 is 2.39 bits per heavy atom. The Labute approximate surface area is 107 Å². The zero-order valence-electron chi connectivity index (χ0n) is 10.6. The Hall–Kier alpha value is -1.60. The zero-order chi connectivity index (χ0) is 13.9. The van der Waals surface area contributed by atoms with Gasteiger partial charge in [-0.15, -0.1) is 0 Å². The molecular weight excluding hydrogens is 254 g/mol. The molecule has 0 spiro atoms. The van der Waals surface area contributed by atoms with Crippen molar-refractivity contribution in [3.63, 3.8) is 0 Å². The second-order valence-electron chi connectivity index (χ2n) is 3.97. The van der Waals surface area contributed by atoms with Crippen LogP contribution in [0.15, 0.2) is 17.0 Å². The molecule has 0 aliphatic heterocycles. The van der Waals surface area contributed by atoms with Crippen LogP contribution in [0.25, 0.3) is 0 Å². The highest BCUT2D eigenvalue weighted by atomic mass is 32.2. The highest BCUT2D eigenvalue weighted by Crippen LogP contribution is 2.22. The minimum atomic E-state index is -3.77. The molecule has 0 aromatic heterocycles. The number of amides is 1. The molecular formula is C11H17N3O3S. The van der Waals surface area contributed by atoms with Crippen LogP contribution in [0.2, 0.25) is 0 Å². The largest absolute Gasteiger partial charge is 0.398 e. The summed E-state index contributed by atoms with van der Waals surface area (Å²) in [6.45, 7) is 3.33. The average molecular weight is 271 g/mol. The molecule has 1 amide bonds. The molecule has 0 aliphatic rings. The summed E-state index contributed by atoms with van der Waals surface area (Å²) >= 11 is 0. The predicted octanol–water partition coefficient (Wildman–Crippen LogP) is -0.0901. The van der Waals surface area contributed by atoms with Crippen molar-refractivity contribution in [2.75, 3.05) is 19.3 Å². The van der Waals surface area contributed by atoms with Crippen molar-refractivity contribution in [3.8, 4) is 0 Å². The number of likely N-dealkylation sites (N-methyl/N-ethyl adjacent to an activating group) is 1. The summed E-state index contributed by atoms with van der Waals surface area (Å²) in [4.78, 5) is 11.0. The van der Waals surface area contributed by atoms with E-state index in [1.54, 1.807) is 13.0 Å². The highest BCUT2D eigenvalue weighted by molar-refractivity contribution is 7.89. The fraction of sp³-hybridized carbons (Fsp3) is 0.364. The Morgan fingerprint density at radius 2 is 1.83 bits per heavy atom. The van der Waals surface area contributed by atoms with Crippen LogP contribution < -0.4 is 15.8 Å². The highest BCUT2D eigenvalue weighted by Gasteiger charge is 2.19. The first kappa shape index (κ1) is 14.5. The van der Waals surface area contributed by atoms with Gasteiger partial charge in [0, 0.05) is 7.05 Å². The first-order valence-electron chi connectivity index (χ1n) is 5.35. The van der Waals surface area contributed by atoms with Gasteiger partial charge in [-0.25, -0.2) is 13.1 Å². The molecule has 1 rings (SSSR count). The molecule has 7 heteroatoms. The van der Waals surface area contributed by atoms with Gasteiger partial charge in [-0.2, -0.15) is 0 Å². The molecule has 4 N–H and O–H groups in total. The zero-order valence-corrected chi connectivity index (χ0v) is 11.4. The number of nitrogens with one attached hydrogen (secondary N) is 2. The van der Waals surface area contributed by atoms with E-state index < -0.39 is 15.9 Å². The lowest BCUT2D eigenvalue weighted by atomic mass is 10.1. The lowest BCUT2D eigenvalue weighted by molar-refractivity contribution is -0.119. The van der Waals surface area contributed by atoms with Gasteiger partial charge >= 0.3 is 0 Å². The molecule has 1 aromatic rings. The summed E-state index contributed by atoms with van der Waals surface area (Å²) in [6.07, 6.45) is 0. The summed E-state index contributed by atoms with van der Waals surface area (Å²) in [5.41, 5.74) is 7.60. The number of benzene rings is 1. The third kappa shape index (κ3) is 3.21. The van der Waals surface area contributed by atoms with Crippen molar-refractivity contribution in [1.82, 2.24) is 10.0 Å². The van der Waals surface area contributed by atoms with Gasteiger partial charge in [0.05, 0.1) is 12.2 Å². The second kappa shape index (κ2) is 5.36. The molecule has 0 fully saturated rings. The lowest BCUT2D eigenvalue weighted by Gasteiger charge is -2.11. The van der Waals surface area contributed by atoms with Crippen molar-refractivity contribution in [2.24, 2.45) is 0 Å². The van der Waals surface area contributed by atoms with Crippen molar-refractivity contribution in [3.05, 3.63) is 23.3 Å². The number of anilines is 1. The first-order valence-corrected chi connectivity index (χ1v) is 6.83. The number of hydrogen-bond acceptors (Lipinski definition) is 4. The van der Waals surface area contributed by atoms with Crippen molar-refractivity contribution < 1.29 is 13.2 Å². The molecule has 0 radical (unpaired) electrons. The maximum Gasteiger partial charge on any atom is 0.243 e. The summed E-state index contributed by atoms with van der Waals surface area (Å²) in [6, 6.07) is 3.10. The van der Waals surface area contributed by atoms with Gasteiger partial charge in [0.1, 0.15) is 4.90 Å². The van der Waals surface area contributed by atoms with Crippen LogP contribution in [-0.2, 0) is 14.8 Å². The number of carbonyl (C=O) groups is 1. The van der Waals surface area contributed by atoms with Gasteiger partial charge in [-0.05, 0) is 37.1 Å². The van der Waals surface area contributed by atoms with Crippen LogP contribution in [0.5, 0.6) is 0 Å². The number of nitrogen functional groups attached to an aromatic ring is 1. The van der Waals surface area contributed by atoms with Crippen LogP contribution in [-0.4, -0.2) is 27.9 Å².